The Balaban J connectivity index is 2.11. The topological polar surface area (TPSA) is 40.5 Å². The van der Waals surface area contributed by atoms with Crippen molar-refractivity contribution in [2.75, 3.05) is 6.54 Å². The van der Waals surface area contributed by atoms with E-state index < -0.39 is 11.6 Å². The monoisotopic (exact) mass is 265 g/mol. The Morgan fingerprint density at radius 3 is 2.74 bits per heavy atom. The molecule has 1 aromatic rings. The lowest BCUT2D eigenvalue weighted by molar-refractivity contribution is -0.135. The first kappa shape index (κ1) is 14.0. The molecule has 0 saturated carbocycles. The second-order valence-corrected chi connectivity index (χ2v) is 5.76. The summed E-state index contributed by atoms with van der Waals surface area (Å²) >= 11 is 0. The van der Waals surface area contributed by atoms with Gasteiger partial charge < -0.3 is 10.0 Å². The molecule has 0 aliphatic carbocycles. The fourth-order valence-corrected chi connectivity index (χ4v) is 2.61. The molecule has 1 unspecified atom stereocenters. The summed E-state index contributed by atoms with van der Waals surface area (Å²) in [7, 11) is 0. The maximum absolute atomic E-state index is 13.2. The van der Waals surface area contributed by atoms with Crippen molar-refractivity contribution in [3.05, 3.63) is 35.1 Å². The summed E-state index contributed by atoms with van der Waals surface area (Å²) in [6, 6.07) is 4.73. The minimum Gasteiger partial charge on any atom is -0.391 e. The van der Waals surface area contributed by atoms with Crippen molar-refractivity contribution >= 4 is 5.91 Å². The zero-order chi connectivity index (χ0) is 14.2. The number of carbonyl (C=O) groups excluding carboxylic acids is 1. The SMILES string of the molecule is Cc1cc(CC(=O)N2CCC(O)C2(C)C)ccc1F. The summed E-state index contributed by atoms with van der Waals surface area (Å²) in [5.74, 6) is -0.277. The molecule has 1 N–H and O–H groups in total. The van der Waals surface area contributed by atoms with Gasteiger partial charge in [-0.25, -0.2) is 4.39 Å². The van der Waals surface area contributed by atoms with E-state index in [4.69, 9.17) is 0 Å². The van der Waals surface area contributed by atoms with Crippen LogP contribution in [0.1, 0.15) is 31.4 Å². The fourth-order valence-electron chi connectivity index (χ4n) is 2.61. The van der Waals surface area contributed by atoms with Gasteiger partial charge in [-0.05, 0) is 44.4 Å². The van der Waals surface area contributed by atoms with Gasteiger partial charge in [-0.1, -0.05) is 12.1 Å². The second-order valence-electron chi connectivity index (χ2n) is 5.76. The van der Waals surface area contributed by atoms with Crippen molar-refractivity contribution in [1.82, 2.24) is 4.90 Å². The molecule has 2 rings (SSSR count). The van der Waals surface area contributed by atoms with Crippen LogP contribution in [-0.4, -0.2) is 34.1 Å². The Kier molecular flexibility index (Phi) is 3.63. The van der Waals surface area contributed by atoms with Crippen molar-refractivity contribution in [2.45, 2.75) is 45.3 Å². The molecule has 3 nitrogen and oxygen atoms in total. The highest BCUT2D eigenvalue weighted by molar-refractivity contribution is 5.80. The first-order valence-electron chi connectivity index (χ1n) is 6.56. The lowest BCUT2D eigenvalue weighted by atomic mass is 9.98. The molecule has 1 aromatic carbocycles. The van der Waals surface area contributed by atoms with E-state index in [1.165, 1.54) is 6.07 Å². The summed E-state index contributed by atoms with van der Waals surface area (Å²) in [6.45, 7) is 6.01. The van der Waals surface area contributed by atoms with Crippen LogP contribution in [0.15, 0.2) is 18.2 Å². The predicted octanol–water partition coefficient (Wildman–Crippen LogP) is 2.05. The zero-order valence-electron chi connectivity index (χ0n) is 11.6. The van der Waals surface area contributed by atoms with Crippen molar-refractivity contribution in [2.24, 2.45) is 0 Å². The number of aliphatic hydroxyl groups excluding tert-OH is 1. The number of rotatable bonds is 2. The number of carbonyl (C=O) groups is 1. The first-order chi connectivity index (χ1) is 8.82. The maximum atomic E-state index is 13.2. The second kappa shape index (κ2) is 4.93. The number of amides is 1. The van der Waals surface area contributed by atoms with Crippen LogP contribution in [0.2, 0.25) is 0 Å². The quantitative estimate of drug-likeness (QED) is 0.889. The number of aliphatic hydroxyl groups is 1. The van der Waals surface area contributed by atoms with Crippen molar-refractivity contribution < 1.29 is 14.3 Å². The highest BCUT2D eigenvalue weighted by atomic mass is 19.1. The van der Waals surface area contributed by atoms with E-state index in [9.17, 15) is 14.3 Å². The normalized spacial score (nSPS) is 21.7. The van der Waals surface area contributed by atoms with Crippen LogP contribution < -0.4 is 0 Å². The van der Waals surface area contributed by atoms with Gasteiger partial charge in [-0.3, -0.25) is 4.79 Å². The molecule has 1 heterocycles. The van der Waals surface area contributed by atoms with E-state index in [0.29, 0.717) is 18.5 Å². The zero-order valence-corrected chi connectivity index (χ0v) is 11.6. The minimum atomic E-state index is -0.522. The van der Waals surface area contributed by atoms with Gasteiger partial charge in [0.2, 0.25) is 5.91 Å². The molecule has 0 bridgehead atoms. The minimum absolute atomic E-state index is 0.0208. The summed E-state index contributed by atoms with van der Waals surface area (Å²) in [5.41, 5.74) is 0.832. The summed E-state index contributed by atoms with van der Waals surface area (Å²) in [4.78, 5) is 14.0. The van der Waals surface area contributed by atoms with Crippen LogP contribution in [0.5, 0.6) is 0 Å². The Morgan fingerprint density at radius 1 is 1.53 bits per heavy atom. The molecule has 19 heavy (non-hydrogen) atoms. The molecule has 1 atom stereocenters. The van der Waals surface area contributed by atoms with Gasteiger partial charge >= 0.3 is 0 Å². The Labute approximate surface area is 113 Å². The number of likely N-dealkylation sites (tertiary alicyclic amines) is 1. The molecule has 0 radical (unpaired) electrons. The fraction of sp³-hybridized carbons (Fsp3) is 0.533. The third kappa shape index (κ3) is 2.63. The molecule has 1 aliphatic heterocycles. The van der Waals surface area contributed by atoms with Gasteiger partial charge in [0.15, 0.2) is 0 Å². The van der Waals surface area contributed by atoms with E-state index in [2.05, 4.69) is 0 Å². The van der Waals surface area contributed by atoms with Crippen molar-refractivity contribution in [1.29, 1.82) is 0 Å². The average molecular weight is 265 g/mol. The van der Waals surface area contributed by atoms with E-state index in [0.717, 1.165) is 5.56 Å². The Bertz CT molecular complexity index is 499. The summed E-state index contributed by atoms with van der Waals surface area (Å²) < 4.78 is 13.2. The lowest BCUT2D eigenvalue weighted by Gasteiger charge is -2.34. The standard InChI is InChI=1S/C15H20FNO2/c1-10-8-11(4-5-12(10)16)9-14(19)17-7-6-13(18)15(17,2)3/h4-5,8,13,18H,6-7,9H2,1-3H3. The van der Waals surface area contributed by atoms with Gasteiger partial charge in [0.25, 0.3) is 0 Å². The van der Waals surface area contributed by atoms with Gasteiger partial charge in [0.05, 0.1) is 18.1 Å². The highest BCUT2D eigenvalue weighted by Gasteiger charge is 2.42. The number of hydrogen-bond acceptors (Lipinski definition) is 2. The van der Waals surface area contributed by atoms with Crippen LogP contribution in [0, 0.1) is 12.7 Å². The molecule has 104 valence electrons. The van der Waals surface area contributed by atoms with Crippen molar-refractivity contribution in [3.63, 3.8) is 0 Å². The molecule has 1 amide bonds. The largest absolute Gasteiger partial charge is 0.391 e. The van der Waals surface area contributed by atoms with Crippen LogP contribution in [0.3, 0.4) is 0 Å². The number of hydrogen-bond donors (Lipinski definition) is 1. The van der Waals surface area contributed by atoms with Crippen LogP contribution in [0.4, 0.5) is 4.39 Å². The highest BCUT2D eigenvalue weighted by Crippen LogP contribution is 2.29. The first-order valence-corrected chi connectivity index (χ1v) is 6.56. The van der Waals surface area contributed by atoms with Gasteiger partial charge in [0.1, 0.15) is 5.82 Å². The molecule has 4 heteroatoms. The van der Waals surface area contributed by atoms with E-state index >= 15 is 0 Å². The Hall–Kier alpha value is -1.42. The van der Waals surface area contributed by atoms with E-state index in [1.807, 2.05) is 13.8 Å². The number of aryl methyl sites for hydroxylation is 1. The van der Waals surface area contributed by atoms with Gasteiger partial charge in [-0.2, -0.15) is 0 Å². The molecular weight excluding hydrogens is 245 g/mol. The third-order valence-corrected chi connectivity index (χ3v) is 4.02. The average Bonchev–Trinajstić information content (AvgIpc) is 2.59. The molecule has 0 aromatic heterocycles. The number of halogens is 1. The summed E-state index contributed by atoms with van der Waals surface area (Å²) in [6.07, 6.45) is 0.379. The molecule has 1 saturated heterocycles. The van der Waals surface area contributed by atoms with E-state index in [1.54, 1.807) is 24.0 Å². The number of nitrogens with zero attached hydrogens (tertiary/aromatic N) is 1. The number of benzene rings is 1. The Morgan fingerprint density at radius 2 is 2.21 bits per heavy atom. The molecule has 1 aliphatic rings. The lowest BCUT2D eigenvalue weighted by Crippen LogP contribution is -2.48. The molecule has 1 fully saturated rings. The smallest absolute Gasteiger partial charge is 0.227 e. The maximum Gasteiger partial charge on any atom is 0.227 e. The third-order valence-electron chi connectivity index (χ3n) is 4.02. The van der Waals surface area contributed by atoms with Crippen LogP contribution in [-0.2, 0) is 11.2 Å². The van der Waals surface area contributed by atoms with Crippen LogP contribution in [0.25, 0.3) is 0 Å². The summed E-state index contributed by atoms with van der Waals surface area (Å²) in [5, 5.41) is 9.88. The molecular formula is C15H20FNO2. The van der Waals surface area contributed by atoms with Crippen molar-refractivity contribution in [3.8, 4) is 0 Å². The van der Waals surface area contributed by atoms with Gasteiger partial charge in [-0.15, -0.1) is 0 Å². The van der Waals surface area contributed by atoms with Crippen LogP contribution >= 0.6 is 0 Å². The van der Waals surface area contributed by atoms with E-state index in [-0.39, 0.29) is 18.1 Å². The predicted molar refractivity (Wildman–Crippen MR) is 71.3 cm³/mol. The molecule has 0 spiro atoms. The van der Waals surface area contributed by atoms with Gasteiger partial charge in [0, 0.05) is 6.54 Å².